The van der Waals surface area contributed by atoms with Crippen molar-refractivity contribution < 1.29 is 19.1 Å². The van der Waals surface area contributed by atoms with Crippen LogP contribution in [0.25, 0.3) is 0 Å². The number of imide groups is 1. The van der Waals surface area contributed by atoms with Crippen LogP contribution in [0.4, 0.5) is 15.3 Å². The topological polar surface area (TPSA) is 79.0 Å². The average molecular weight is 349 g/mol. The van der Waals surface area contributed by atoms with E-state index in [1.165, 1.54) is 4.90 Å². The van der Waals surface area contributed by atoms with Gasteiger partial charge in [0.25, 0.3) is 5.24 Å². The molecule has 0 unspecified atom stereocenters. The van der Waals surface area contributed by atoms with Crippen LogP contribution in [0.2, 0.25) is 0 Å². The molecule has 1 aromatic rings. The number of hydrogen-bond donors (Lipinski definition) is 1. The van der Waals surface area contributed by atoms with Crippen molar-refractivity contribution in [3.05, 3.63) is 24.3 Å². The summed E-state index contributed by atoms with van der Waals surface area (Å²) >= 11 is 1.05. The Hall–Kier alpha value is -2.22. The largest absolute Gasteiger partial charge is 0.497 e. The predicted molar refractivity (Wildman–Crippen MR) is 91.3 cm³/mol. The summed E-state index contributed by atoms with van der Waals surface area (Å²) in [6.45, 7) is 1.04. The molecule has 0 atom stereocenters. The van der Waals surface area contributed by atoms with E-state index in [0.29, 0.717) is 31.6 Å². The molecule has 4 amide bonds. The van der Waals surface area contributed by atoms with Gasteiger partial charge in [0.05, 0.1) is 12.9 Å². The second-order valence-electron chi connectivity index (χ2n) is 5.70. The summed E-state index contributed by atoms with van der Waals surface area (Å²) in [4.78, 5) is 38.9. The first-order chi connectivity index (χ1) is 11.6. The smallest absolute Gasteiger partial charge is 0.321 e. The molecule has 2 aliphatic rings. The summed E-state index contributed by atoms with van der Waals surface area (Å²) in [6.07, 6.45) is 1.24. The van der Waals surface area contributed by atoms with Crippen molar-refractivity contribution in [3.63, 3.8) is 0 Å². The van der Waals surface area contributed by atoms with Gasteiger partial charge in [-0.1, -0.05) is 11.8 Å². The van der Waals surface area contributed by atoms with E-state index in [1.807, 2.05) is 0 Å². The van der Waals surface area contributed by atoms with Crippen molar-refractivity contribution in [2.24, 2.45) is 0 Å². The summed E-state index contributed by atoms with van der Waals surface area (Å²) in [5.74, 6) is 0.842. The number of benzene rings is 1. The molecule has 1 N–H and O–H groups in total. The number of hydrogen-bond acceptors (Lipinski definition) is 5. The minimum atomic E-state index is -0.174. The number of anilines is 1. The minimum absolute atomic E-state index is 0.0926. The lowest BCUT2D eigenvalue weighted by Gasteiger charge is -2.35. The highest BCUT2D eigenvalue weighted by molar-refractivity contribution is 8.14. The molecule has 2 fully saturated rings. The fraction of sp³-hybridized carbons (Fsp3) is 0.438. The number of nitrogens with zero attached hydrogens (tertiary/aromatic N) is 2. The van der Waals surface area contributed by atoms with E-state index < -0.39 is 0 Å². The van der Waals surface area contributed by atoms with Crippen LogP contribution >= 0.6 is 11.8 Å². The summed E-state index contributed by atoms with van der Waals surface area (Å²) in [5.41, 5.74) is 0.698. The third kappa shape index (κ3) is 3.48. The summed E-state index contributed by atoms with van der Waals surface area (Å²) in [7, 11) is 1.59. The lowest BCUT2D eigenvalue weighted by atomic mass is 10.0. The molecule has 2 aliphatic heterocycles. The van der Waals surface area contributed by atoms with Crippen LogP contribution in [0.5, 0.6) is 5.75 Å². The highest BCUT2D eigenvalue weighted by atomic mass is 32.2. The van der Waals surface area contributed by atoms with Gasteiger partial charge >= 0.3 is 6.03 Å². The highest BCUT2D eigenvalue weighted by Gasteiger charge is 2.37. The summed E-state index contributed by atoms with van der Waals surface area (Å²) < 4.78 is 5.08. The van der Waals surface area contributed by atoms with Gasteiger partial charge in [-0.3, -0.25) is 14.5 Å². The molecule has 128 valence electrons. The Balaban J connectivity index is 1.53. The second kappa shape index (κ2) is 7.12. The molecular formula is C16H19N3O4S. The molecule has 3 rings (SSSR count). The van der Waals surface area contributed by atoms with E-state index >= 15 is 0 Å². The third-order valence-corrected chi connectivity index (χ3v) is 5.08. The first-order valence-electron chi connectivity index (χ1n) is 7.77. The average Bonchev–Trinajstić information content (AvgIpc) is 2.94. The standard InChI is InChI=1S/C16H19N3O4S/c1-23-13-4-2-11(3-5-13)17-15(21)18-8-6-12(7-9-18)19-14(20)10-24-16(19)22/h2-5,12H,6-10H2,1H3,(H,17,21). The Morgan fingerprint density at radius 1 is 1.21 bits per heavy atom. The van der Waals surface area contributed by atoms with E-state index in [2.05, 4.69) is 5.32 Å². The van der Waals surface area contributed by atoms with Crippen LogP contribution in [-0.2, 0) is 4.79 Å². The van der Waals surface area contributed by atoms with E-state index in [0.717, 1.165) is 17.5 Å². The van der Waals surface area contributed by atoms with Crippen molar-refractivity contribution in [1.29, 1.82) is 0 Å². The fourth-order valence-corrected chi connectivity index (χ4v) is 3.70. The number of carbonyl (C=O) groups excluding carboxylic acids is 3. The molecular weight excluding hydrogens is 330 g/mol. The molecule has 0 radical (unpaired) electrons. The van der Waals surface area contributed by atoms with E-state index in [1.54, 1.807) is 36.3 Å². The van der Waals surface area contributed by atoms with Gasteiger partial charge in [0.2, 0.25) is 5.91 Å². The Morgan fingerprint density at radius 2 is 1.88 bits per heavy atom. The van der Waals surface area contributed by atoms with Crippen LogP contribution in [0.3, 0.4) is 0 Å². The number of nitrogens with one attached hydrogen (secondary N) is 1. The van der Waals surface area contributed by atoms with Crippen LogP contribution in [-0.4, -0.2) is 59.0 Å². The number of amides is 4. The fourth-order valence-electron chi connectivity index (χ4n) is 2.92. The maximum atomic E-state index is 12.3. The van der Waals surface area contributed by atoms with E-state index in [-0.39, 0.29) is 29.0 Å². The van der Waals surface area contributed by atoms with Crippen LogP contribution in [0.15, 0.2) is 24.3 Å². The number of piperidine rings is 1. The van der Waals surface area contributed by atoms with Crippen molar-refractivity contribution in [2.45, 2.75) is 18.9 Å². The lowest BCUT2D eigenvalue weighted by molar-refractivity contribution is -0.126. The number of likely N-dealkylation sites (tertiary alicyclic amines) is 1. The zero-order chi connectivity index (χ0) is 17.1. The Morgan fingerprint density at radius 3 is 2.42 bits per heavy atom. The first-order valence-corrected chi connectivity index (χ1v) is 8.76. The van der Waals surface area contributed by atoms with E-state index in [4.69, 9.17) is 4.74 Å². The number of thioether (sulfide) groups is 1. The molecule has 7 nitrogen and oxygen atoms in total. The molecule has 8 heteroatoms. The third-order valence-electron chi connectivity index (χ3n) is 4.24. The lowest BCUT2D eigenvalue weighted by Crippen LogP contribution is -2.49. The number of methoxy groups -OCH3 is 1. The molecule has 0 spiro atoms. The maximum absolute atomic E-state index is 12.3. The number of ether oxygens (including phenoxy) is 1. The molecule has 24 heavy (non-hydrogen) atoms. The second-order valence-corrected chi connectivity index (χ2v) is 6.62. The Labute approximate surface area is 144 Å². The van der Waals surface area contributed by atoms with Gasteiger partial charge in [-0.25, -0.2) is 4.79 Å². The van der Waals surface area contributed by atoms with Crippen molar-refractivity contribution >= 4 is 34.6 Å². The number of carbonyl (C=O) groups is 3. The summed E-state index contributed by atoms with van der Waals surface area (Å²) in [6, 6.07) is 6.86. The van der Waals surface area contributed by atoms with E-state index in [9.17, 15) is 14.4 Å². The number of rotatable bonds is 3. The number of urea groups is 1. The Bertz CT molecular complexity index is 625. The van der Waals surface area contributed by atoms with Crippen molar-refractivity contribution in [2.75, 3.05) is 31.3 Å². The normalized spacial score (nSPS) is 18.9. The van der Waals surface area contributed by atoms with Crippen LogP contribution in [0, 0.1) is 0 Å². The quantitative estimate of drug-likeness (QED) is 0.906. The predicted octanol–water partition coefficient (Wildman–Crippen LogP) is 2.39. The molecule has 0 aliphatic carbocycles. The SMILES string of the molecule is COc1ccc(NC(=O)N2CCC(N3C(=O)CSC3=O)CC2)cc1. The Kier molecular flexibility index (Phi) is 4.94. The first kappa shape index (κ1) is 16.6. The molecule has 0 bridgehead atoms. The van der Waals surface area contributed by atoms with Crippen LogP contribution in [0.1, 0.15) is 12.8 Å². The zero-order valence-corrected chi connectivity index (χ0v) is 14.2. The molecule has 0 saturated carbocycles. The monoisotopic (exact) mass is 349 g/mol. The minimum Gasteiger partial charge on any atom is -0.497 e. The summed E-state index contributed by atoms with van der Waals surface area (Å²) in [5, 5.41) is 2.68. The van der Waals surface area contributed by atoms with Crippen molar-refractivity contribution in [3.8, 4) is 5.75 Å². The molecule has 1 aromatic carbocycles. The van der Waals surface area contributed by atoms with Crippen LogP contribution < -0.4 is 10.1 Å². The van der Waals surface area contributed by atoms with Gasteiger partial charge in [-0.2, -0.15) is 0 Å². The van der Waals surface area contributed by atoms with Gasteiger partial charge in [0.15, 0.2) is 0 Å². The van der Waals surface area contributed by atoms with Crippen molar-refractivity contribution in [1.82, 2.24) is 9.80 Å². The maximum Gasteiger partial charge on any atom is 0.321 e. The molecule has 0 aromatic heterocycles. The van der Waals surface area contributed by atoms with Gasteiger partial charge in [0, 0.05) is 24.8 Å². The van der Waals surface area contributed by atoms with Gasteiger partial charge in [0.1, 0.15) is 5.75 Å². The molecule has 2 heterocycles. The van der Waals surface area contributed by atoms with Gasteiger partial charge < -0.3 is 15.0 Å². The van der Waals surface area contributed by atoms with Gasteiger partial charge in [-0.05, 0) is 37.1 Å². The highest BCUT2D eigenvalue weighted by Crippen LogP contribution is 2.27. The van der Waals surface area contributed by atoms with Gasteiger partial charge in [-0.15, -0.1) is 0 Å². The zero-order valence-electron chi connectivity index (χ0n) is 13.4. The molecule has 2 saturated heterocycles.